The molecule has 0 saturated heterocycles. The molecule has 0 fully saturated rings. The summed E-state index contributed by atoms with van der Waals surface area (Å²) in [5.74, 6) is -2.70. The zero-order chi connectivity index (χ0) is 29.3. The highest BCUT2D eigenvalue weighted by Gasteiger charge is 2.39. The largest absolute Gasteiger partial charge is 0.405 e. The molecule has 0 heterocycles. The van der Waals surface area contributed by atoms with Gasteiger partial charge in [-0.3, -0.25) is 9.59 Å². The minimum absolute atomic E-state index is 0.00497. The van der Waals surface area contributed by atoms with Gasteiger partial charge in [-0.2, -0.15) is 26.3 Å². The molecule has 1 amide bonds. The van der Waals surface area contributed by atoms with E-state index in [1.807, 2.05) is 0 Å². The average Bonchev–Trinajstić information content (AvgIpc) is 2.80. The second-order valence-corrected chi connectivity index (χ2v) is 9.55. The van der Waals surface area contributed by atoms with Crippen molar-refractivity contribution in [3.8, 4) is 0 Å². The first-order chi connectivity index (χ1) is 17.5. The number of nitrogens with one attached hydrogen (secondary N) is 2. The van der Waals surface area contributed by atoms with E-state index in [4.69, 9.17) is 34.8 Å². The fraction of sp³-hybridized carbons (Fsp3) is 0.250. The Labute approximate surface area is 238 Å². The zero-order valence-electron chi connectivity index (χ0n) is 19.4. The van der Waals surface area contributed by atoms with Gasteiger partial charge in [0.15, 0.2) is 6.29 Å². The lowest BCUT2D eigenvalue weighted by Gasteiger charge is -2.18. The Kier molecular flexibility index (Phi) is 13.3. The lowest BCUT2D eigenvalue weighted by atomic mass is 9.97. The summed E-state index contributed by atoms with van der Waals surface area (Å²) >= 11 is 20.7. The van der Waals surface area contributed by atoms with E-state index in [2.05, 4.69) is 27.8 Å². The molecule has 1 unspecified atom stereocenters. The Bertz CT molecular complexity index is 1160. The summed E-state index contributed by atoms with van der Waals surface area (Å²) in [5, 5.41) is 4.21. The third kappa shape index (κ3) is 11.4. The van der Waals surface area contributed by atoms with Crippen molar-refractivity contribution >= 4 is 69.0 Å². The van der Waals surface area contributed by atoms with Gasteiger partial charge >= 0.3 is 12.4 Å². The quantitative estimate of drug-likeness (QED) is 0.130. The number of carbonyl (C=O) groups is 2. The minimum Gasteiger partial charge on any atom is -0.343 e. The highest BCUT2D eigenvalue weighted by atomic mass is 79.9. The number of alkyl halides is 6. The lowest BCUT2D eigenvalue weighted by molar-refractivity contribution is -0.139. The van der Waals surface area contributed by atoms with Crippen molar-refractivity contribution in [1.82, 2.24) is 10.6 Å². The molecule has 208 valence electrons. The first-order valence-electron chi connectivity index (χ1n) is 10.3. The van der Waals surface area contributed by atoms with E-state index in [1.165, 1.54) is 12.1 Å². The normalized spacial score (nSPS) is 12.5. The monoisotopic (exact) mass is 666 g/mol. The van der Waals surface area contributed by atoms with E-state index < -0.39 is 30.7 Å². The third-order valence-corrected chi connectivity index (χ3v) is 6.39. The van der Waals surface area contributed by atoms with Crippen LogP contribution in [0.4, 0.5) is 26.3 Å². The van der Waals surface area contributed by atoms with Crippen molar-refractivity contribution in [3.63, 3.8) is 0 Å². The molecule has 0 radical (unpaired) electrons. The minimum atomic E-state index is -4.54. The molecule has 2 aromatic rings. The van der Waals surface area contributed by atoms with Crippen LogP contribution in [-0.2, 0) is 4.79 Å². The number of aldehydes is 1. The summed E-state index contributed by atoms with van der Waals surface area (Å²) in [7, 11) is 1.57. The Morgan fingerprint density at radius 3 is 2.11 bits per heavy atom. The summed E-state index contributed by atoms with van der Waals surface area (Å²) in [6.07, 6.45) is -5.97. The van der Waals surface area contributed by atoms with Gasteiger partial charge in [0, 0.05) is 22.2 Å². The molecule has 2 aromatic carbocycles. The van der Waals surface area contributed by atoms with Crippen LogP contribution in [0.1, 0.15) is 27.4 Å². The van der Waals surface area contributed by atoms with Crippen molar-refractivity contribution in [1.29, 1.82) is 0 Å². The number of hydrogen-bond acceptors (Lipinski definition) is 3. The van der Waals surface area contributed by atoms with Gasteiger partial charge in [-0.1, -0.05) is 75.5 Å². The number of benzene rings is 2. The molecular weight excluding hydrogens is 649 g/mol. The molecule has 4 nitrogen and oxygen atoms in total. The van der Waals surface area contributed by atoms with Gasteiger partial charge in [0.25, 0.3) is 0 Å². The van der Waals surface area contributed by atoms with E-state index in [-0.39, 0.29) is 32.7 Å². The molecule has 0 aliphatic carbocycles. The molecule has 2 rings (SSSR count). The number of carbonyl (C=O) groups excluding carboxylic acids is 2. The fourth-order valence-corrected chi connectivity index (χ4v) is 3.82. The second kappa shape index (κ2) is 14.9. The molecule has 0 aromatic heterocycles. The molecule has 1 atom stereocenters. The predicted octanol–water partition coefficient (Wildman–Crippen LogP) is 8.02. The van der Waals surface area contributed by atoms with Crippen LogP contribution < -0.4 is 10.6 Å². The Hall–Kier alpha value is -2.05. The number of allylic oxidation sites excluding steroid dienone is 1. The van der Waals surface area contributed by atoms with Crippen molar-refractivity contribution in [3.05, 3.63) is 84.8 Å². The van der Waals surface area contributed by atoms with Crippen LogP contribution in [0.15, 0.2) is 53.0 Å². The lowest BCUT2D eigenvalue weighted by Crippen LogP contribution is -2.36. The summed E-state index contributed by atoms with van der Waals surface area (Å²) < 4.78 is 75.6. The van der Waals surface area contributed by atoms with Crippen molar-refractivity contribution in [2.75, 3.05) is 20.1 Å². The molecule has 0 spiro atoms. The van der Waals surface area contributed by atoms with Gasteiger partial charge in [-0.05, 0) is 42.4 Å². The molecule has 0 bridgehead atoms. The molecule has 0 saturated carbocycles. The van der Waals surface area contributed by atoms with Crippen LogP contribution in [0.2, 0.25) is 15.1 Å². The highest BCUT2D eigenvalue weighted by Crippen LogP contribution is 2.41. The van der Waals surface area contributed by atoms with E-state index in [1.54, 1.807) is 24.5 Å². The van der Waals surface area contributed by atoms with Gasteiger partial charge in [-0.15, -0.1) is 0 Å². The van der Waals surface area contributed by atoms with Gasteiger partial charge in [-0.25, -0.2) is 0 Å². The first-order valence-corrected chi connectivity index (χ1v) is 12.2. The van der Waals surface area contributed by atoms with Crippen LogP contribution in [0.5, 0.6) is 0 Å². The second-order valence-electron chi connectivity index (χ2n) is 7.51. The van der Waals surface area contributed by atoms with E-state index in [0.29, 0.717) is 21.9 Å². The first kappa shape index (κ1) is 34.0. The summed E-state index contributed by atoms with van der Waals surface area (Å²) in [5.41, 5.74) is 0.858. The SMILES string of the molecule is C=C(CNC)C(=O)NCC(F)(F)F.O=Cc1ccc(/C=C/C(c2cc(Cl)c(Cl)c(Cl)c2)C(F)(F)F)cc1Br. The number of amides is 1. The highest BCUT2D eigenvalue weighted by molar-refractivity contribution is 9.10. The van der Waals surface area contributed by atoms with Crippen molar-refractivity contribution in [2.45, 2.75) is 18.3 Å². The van der Waals surface area contributed by atoms with Crippen LogP contribution in [0.25, 0.3) is 6.08 Å². The topological polar surface area (TPSA) is 58.2 Å². The van der Waals surface area contributed by atoms with E-state index in [0.717, 1.165) is 18.2 Å². The number of rotatable bonds is 8. The molecule has 14 heteroatoms. The maximum atomic E-state index is 13.4. The van der Waals surface area contributed by atoms with Crippen LogP contribution >= 0.6 is 50.7 Å². The van der Waals surface area contributed by atoms with Gasteiger partial charge in [0.2, 0.25) is 5.91 Å². The molecule has 0 aliphatic rings. The van der Waals surface area contributed by atoms with Gasteiger partial charge < -0.3 is 10.6 Å². The maximum Gasteiger partial charge on any atom is 0.405 e. The van der Waals surface area contributed by atoms with Gasteiger partial charge in [0.1, 0.15) is 6.54 Å². The predicted molar refractivity (Wildman–Crippen MR) is 141 cm³/mol. The van der Waals surface area contributed by atoms with E-state index >= 15 is 0 Å². The number of hydrogen-bond donors (Lipinski definition) is 2. The number of likely N-dealkylation sites (N-methyl/N-ethyl adjacent to an activating group) is 1. The standard InChI is InChI=1S/C17H9BrCl3F3O.C7H11F3N2O/c18-13-5-9(1-3-10(13)8-25)2-4-12(17(22,23)24)11-6-14(19)16(21)15(20)7-11;1-5(3-11-2)6(13)12-4-7(8,9)10/h1-8,12H;11H,1,3-4H2,2H3,(H,12,13)/b4-2+;. The van der Waals surface area contributed by atoms with E-state index in [9.17, 15) is 35.9 Å². The van der Waals surface area contributed by atoms with Crippen LogP contribution in [-0.4, -0.2) is 44.7 Å². The summed E-state index contributed by atoms with van der Waals surface area (Å²) in [4.78, 5) is 21.6. The van der Waals surface area contributed by atoms with Crippen molar-refractivity contribution in [2.24, 2.45) is 0 Å². The summed E-state index contributed by atoms with van der Waals surface area (Å²) in [6, 6.07) is 6.89. The zero-order valence-corrected chi connectivity index (χ0v) is 23.3. The summed E-state index contributed by atoms with van der Waals surface area (Å²) in [6.45, 7) is 2.15. The Morgan fingerprint density at radius 2 is 1.66 bits per heavy atom. The molecule has 38 heavy (non-hydrogen) atoms. The third-order valence-electron chi connectivity index (χ3n) is 4.51. The Morgan fingerprint density at radius 1 is 1.08 bits per heavy atom. The van der Waals surface area contributed by atoms with Crippen LogP contribution in [0, 0.1) is 0 Å². The fourth-order valence-electron chi connectivity index (χ4n) is 2.71. The maximum absolute atomic E-state index is 13.4. The molecular formula is C24H20BrCl3F6N2O2. The van der Waals surface area contributed by atoms with Crippen LogP contribution in [0.3, 0.4) is 0 Å². The van der Waals surface area contributed by atoms with Gasteiger partial charge in [0.05, 0.1) is 21.0 Å². The Balaban J connectivity index is 0.000000471. The average molecular weight is 669 g/mol. The molecule has 0 aliphatic heterocycles. The number of halogens is 10. The molecule has 2 N–H and O–H groups in total. The van der Waals surface area contributed by atoms with Crippen molar-refractivity contribution < 1.29 is 35.9 Å². The smallest absolute Gasteiger partial charge is 0.343 e.